The Morgan fingerprint density at radius 3 is 2.45 bits per heavy atom. The first-order valence-electron chi connectivity index (χ1n) is 8.13. The van der Waals surface area contributed by atoms with Crippen LogP contribution < -0.4 is 10.2 Å². The largest absolute Gasteiger partial charge is 0.371 e. The molecule has 1 fully saturated rings. The van der Waals surface area contributed by atoms with E-state index < -0.39 is 0 Å². The highest BCUT2D eigenvalue weighted by atomic mass is 15.1. The van der Waals surface area contributed by atoms with Crippen LogP contribution in [0, 0.1) is 17.8 Å². The molecule has 0 aliphatic heterocycles. The Bertz CT molecular complexity index is 390. The van der Waals surface area contributed by atoms with Gasteiger partial charge in [-0.1, -0.05) is 32.0 Å². The van der Waals surface area contributed by atoms with E-state index in [9.17, 15) is 0 Å². The molecule has 1 aromatic carbocycles. The molecule has 0 saturated heterocycles. The van der Waals surface area contributed by atoms with Gasteiger partial charge in [-0.2, -0.15) is 0 Å². The van der Waals surface area contributed by atoms with Crippen molar-refractivity contribution in [3.63, 3.8) is 0 Å². The highest BCUT2D eigenvalue weighted by molar-refractivity contribution is 5.45. The van der Waals surface area contributed by atoms with Gasteiger partial charge in [0.15, 0.2) is 0 Å². The number of para-hydroxylation sites is 1. The molecular formula is C18H30N2. The summed E-state index contributed by atoms with van der Waals surface area (Å²) in [5, 5.41) is 3.57. The molecular weight excluding hydrogens is 244 g/mol. The van der Waals surface area contributed by atoms with Gasteiger partial charge >= 0.3 is 0 Å². The van der Waals surface area contributed by atoms with Crippen molar-refractivity contribution in [2.75, 3.05) is 25.0 Å². The second-order valence-electron chi connectivity index (χ2n) is 6.49. The molecule has 0 aromatic heterocycles. The van der Waals surface area contributed by atoms with Crippen LogP contribution in [0.5, 0.6) is 0 Å². The molecule has 2 rings (SSSR count). The topological polar surface area (TPSA) is 15.3 Å². The van der Waals surface area contributed by atoms with Gasteiger partial charge < -0.3 is 10.2 Å². The fourth-order valence-electron chi connectivity index (χ4n) is 3.86. The summed E-state index contributed by atoms with van der Waals surface area (Å²) in [5.41, 5.74) is 1.36. The van der Waals surface area contributed by atoms with Crippen molar-refractivity contribution in [1.82, 2.24) is 5.32 Å². The Kier molecular flexibility index (Phi) is 5.47. The number of benzene rings is 1. The average molecular weight is 274 g/mol. The number of hydrogen-bond acceptors (Lipinski definition) is 2. The Morgan fingerprint density at radius 1 is 1.15 bits per heavy atom. The Labute approximate surface area is 124 Å². The van der Waals surface area contributed by atoms with Crippen LogP contribution in [0.3, 0.4) is 0 Å². The number of rotatable bonds is 5. The third kappa shape index (κ3) is 3.54. The molecule has 2 heteroatoms. The van der Waals surface area contributed by atoms with Crippen molar-refractivity contribution in [2.45, 2.75) is 39.7 Å². The van der Waals surface area contributed by atoms with Crippen molar-refractivity contribution in [3.8, 4) is 0 Å². The summed E-state index contributed by atoms with van der Waals surface area (Å²) in [6, 6.07) is 11.5. The first kappa shape index (κ1) is 15.4. The van der Waals surface area contributed by atoms with Crippen LogP contribution in [-0.2, 0) is 0 Å². The van der Waals surface area contributed by atoms with Crippen LogP contribution in [0.25, 0.3) is 0 Å². The summed E-state index contributed by atoms with van der Waals surface area (Å²) >= 11 is 0. The molecule has 4 atom stereocenters. The van der Waals surface area contributed by atoms with Crippen LogP contribution in [0.15, 0.2) is 30.3 Å². The van der Waals surface area contributed by atoms with Crippen molar-refractivity contribution in [2.24, 2.45) is 17.8 Å². The van der Waals surface area contributed by atoms with E-state index in [1.165, 1.54) is 25.1 Å². The van der Waals surface area contributed by atoms with Gasteiger partial charge in [0, 0.05) is 24.8 Å². The molecule has 20 heavy (non-hydrogen) atoms. The Morgan fingerprint density at radius 2 is 1.85 bits per heavy atom. The van der Waals surface area contributed by atoms with Crippen LogP contribution in [0.1, 0.15) is 33.6 Å². The number of nitrogens with one attached hydrogen (secondary N) is 1. The molecule has 4 unspecified atom stereocenters. The van der Waals surface area contributed by atoms with Crippen LogP contribution >= 0.6 is 0 Å². The van der Waals surface area contributed by atoms with E-state index in [2.05, 4.69) is 68.4 Å². The standard InChI is InChI=1S/C18H30N2/c1-5-20(16-9-7-6-8-10-16)13-17-15(3)11-14(2)12-18(17)19-4/h6-10,14-15,17-19H,5,11-13H2,1-4H3. The monoisotopic (exact) mass is 274 g/mol. The molecule has 1 aromatic rings. The van der Waals surface area contributed by atoms with Crippen molar-refractivity contribution < 1.29 is 0 Å². The first-order chi connectivity index (χ1) is 9.65. The van der Waals surface area contributed by atoms with E-state index in [0.717, 1.165) is 24.3 Å². The maximum atomic E-state index is 3.57. The van der Waals surface area contributed by atoms with Gasteiger partial charge in [0.25, 0.3) is 0 Å². The molecule has 1 aliphatic rings. The summed E-state index contributed by atoms with van der Waals surface area (Å²) in [4.78, 5) is 2.53. The van der Waals surface area contributed by atoms with Gasteiger partial charge in [-0.05, 0) is 56.7 Å². The molecule has 0 heterocycles. The molecule has 1 N–H and O–H groups in total. The van der Waals surface area contributed by atoms with E-state index >= 15 is 0 Å². The third-order valence-corrected chi connectivity index (χ3v) is 4.98. The molecule has 0 radical (unpaired) electrons. The normalized spacial score (nSPS) is 30.2. The van der Waals surface area contributed by atoms with Gasteiger partial charge in [-0.3, -0.25) is 0 Å². The predicted octanol–water partition coefficient (Wildman–Crippen LogP) is 3.78. The van der Waals surface area contributed by atoms with Gasteiger partial charge in [-0.15, -0.1) is 0 Å². The highest BCUT2D eigenvalue weighted by Crippen LogP contribution is 2.34. The number of hydrogen-bond donors (Lipinski definition) is 1. The summed E-state index contributed by atoms with van der Waals surface area (Å²) in [7, 11) is 2.13. The molecule has 1 aliphatic carbocycles. The van der Waals surface area contributed by atoms with Gasteiger partial charge in [0.1, 0.15) is 0 Å². The lowest BCUT2D eigenvalue weighted by atomic mass is 9.72. The molecule has 1 saturated carbocycles. The van der Waals surface area contributed by atoms with Crippen molar-refractivity contribution >= 4 is 5.69 Å². The highest BCUT2D eigenvalue weighted by Gasteiger charge is 2.33. The van der Waals surface area contributed by atoms with Crippen molar-refractivity contribution in [3.05, 3.63) is 30.3 Å². The van der Waals surface area contributed by atoms with E-state index in [1.807, 2.05) is 0 Å². The quantitative estimate of drug-likeness (QED) is 0.879. The van der Waals surface area contributed by atoms with E-state index in [0.29, 0.717) is 6.04 Å². The Balaban J connectivity index is 2.09. The summed E-state index contributed by atoms with van der Waals surface area (Å²) < 4.78 is 0. The fraction of sp³-hybridized carbons (Fsp3) is 0.667. The SMILES string of the molecule is CCN(CC1C(C)CC(C)CC1NC)c1ccccc1. The summed E-state index contributed by atoms with van der Waals surface area (Å²) in [5.74, 6) is 2.40. The summed E-state index contributed by atoms with van der Waals surface area (Å²) in [6.45, 7) is 9.34. The smallest absolute Gasteiger partial charge is 0.0366 e. The van der Waals surface area contributed by atoms with Gasteiger partial charge in [0.05, 0.1) is 0 Å². The first-order valence-corrected chi connectivity index (χ1v) is 8.13. The van der Waals surface area contributed by atoms with Crippen LogP contribution in [0.2, 0.25) is 0 Å². The lowest BCUT2D eigenvalue weighted by molar-refractivity contribution is 0.158. The van der Waals surface area contributed by atoms with Crippen LogP contribution in [0.4, 0.5) is 5.69 Å². The second-order valence-corrected chi connectivity index (χ2v) is 6.49. The van der Waals surface area contributed by atoms with Gasteiger partial charge in [-0.25, -0.2) is 0 Å². The maximum absolute atomic E-state index is 3.57. The lowest BCUT2D eigenvalue weighted by Crippen LogP contribution is -2.48. The molecule has 2 nitrogen and oxygen atoms in total. The zero-order valence-corrected chi connectivity index (χ0v) is 13.5. The molecule has 0 bridgehead atoms. The van der Waals surface area contributed by atoms with Crippen molar-refractivity contribution in [1.29, 1.82) is 0 Å². The van der Waals surface area contributed by atoms with E-state index in [1.54, 1.807) is 0 Å². The van der Waals surface area contributed by atoms with E-state index in [-0.39, 0.29) is 0 Å². The van der Waals surface area contributed by atoms with Gasteiger partial charge in [0.2, 0.25) is 0 Å². The zero-order chi connectivity index (χ0) is 14.5. The Hall–Kier alpha value is -1.02. The third-order valence-electron chi connectivity index (χ3n) is 4.98. The zero-order valence-electron chi connectivity index (χ0n) is 13.5. The molecule has 112 valence electrons. The maximum Gasteiger partial charge on any atom is 0.0366 e. The summed E-state index contributed by atoms with van der Waals surface area (Å²) in [6.07, 6.45) is 2.69. The van der Waals surface area contributed by atoms with E-state index in [4.69, 9.17) is 0 Å². The number of anilines is 1. The average Bonchev–Trinajstić information content (AvgIpc) is 2.46. The minimum absolute atomic E-state index is 0.659. The minimum Gasteiger partial charge on any atom is -0.371 e. The lowest BCUT2D eigenvalue weighted by Gasteiger charge is -2.42. The molecule has 0 amide bonds. The van der Waals surface area contributed by atoms with Crippen LogP contribution in [-0.4, -0.2) is 26.2 Å². The predicted molar refractivity (Wildman–Crippen MR) is 88.2 cm³/mol. The minimum atomic E-state index is 0.659. The second kappa shape index (κ2) is 7.12. The fourth-order valence-corrected chi connectivity index (χ4v) is 3.86. The molecule has 0 spiro atoms. The number of nitrogens with zero attached hydrogens (tertiary/aromatic N) is 1.